The standard InChI is InChI=1S/C40H32N4O4/c45-35-21-9-1-13-27(35)25-41-31-17-5-7-19-33(31)43-39(29-15-3-11-23-37(29)47)40(30-16-4-12-24-38(30)48)44-34-20-8-6-18-32(34)42-26-28-14-2-10-22-36(28)46/h1-26,43-48H/b40-39+,41-25?,42-26?. The lowest BCUT2D eigenvalue weighted by molar-refractivity contribution is 0.472. The highest BCUT2D eigenvalue weighted by molar-refractivity contribution is 6.04. The van der Waals surface area contributed by atoms with Gasteiger partial charge in [-0.2, -0.15) is 0 Å². The molecule has 236 valence electrons. The fourth-order valence-corrected chi connectivity index (χ4v) is 5.02. The Hall–Kier alpha value is -6.80. The van der Waals surface area contributed by atoms with Gasteiger partial charge in [0, 0.05) is 34.7 Å². The topological polar surface area (TPSA) is 130 Å². The average Bonchev–Trinajstić information content (AvgIpc) is 3.11. The van der Waals surface area contributed by atoms with Crippen molar-refractivity contribution in [2.75, 3.05) is 10.6 Å². The Balaban J connectivity index is 1.51. The van der Waals surface area contributed by atoms with Gasteiger partial charge in [0.1, 0.15) is 23.0 Å². The second-order valence-electron chi connectivity index (χ2n) is 10.7. The molecular formula is C40H32N4O4. The molecule has 6 aromatic rings. The number of aromatic hydroxyl groups is 4. The number of nitrogens with one attached hydrogen (secondary N) is 2. The van der Waals surface area contributed by atoms with Gasteiger partial charge in [-0.05, 0) is 72.8 Å². The van der Waals surface area contributed by atoms with Gasteiger partial charge < -0.3 is 31.1 Å². The van der Waals surface area contributed by atoms with E-state index in [0.29, 0.717) is 56.4 Å². The summed E-state index contributed by atoms with van der Waals surface area (Å²) >= 11 is 0. The van der Waals surface area contributed by atoms with Gasteiger partial charge in [-0.25, -0.2) is 0 Å². The molecule has 0 aromatic heterocycles. The molecule has 48 heavy (non-hydrogen) atoms. The van der Waals surface area contributed by atoms with Crippen LogP contribution >= 0.6 is 0 Å². The van der Waals surface area contributed by atoms with Crippen molar-refractivity contribution in [3.8, 4) is 23.0 Å². The Bertz CT molecular complexity index is 2000. The molecule has 8 heteroatoms. The fourth-order valence-electron chi connectivity index (χ4n) is 5.02. The molecule has 0 atom stereocenters. The molecule has 0 aliphatic carbocycles. The molecule has 0 radical (unpaired) electrons. The minimum Gasteiger partial charge on any atom is -0.507 e. The number of phenolic OH excluding ortho intramolecular Hbond substituents is 4. The molecule has 0 amide bonds. The van der Waals surface area contributed by atoms with Crippen molar-refractivity contribution < 1.29 is 20.4 Å². The smallest absolute Gasteiger partial charge is 0.124 e. The number of rotatable bonds is 10. The van der Waals surface area contributed by atoms with E-state index in [0.717, 1.165) is 0 Å². The molecule has 6 rings (SSSR count). The number of benzene rings is 6. The van der Waals surface area contributed by atoms with Crippen LogP contribution in [0.1, 0.15) is 22.3 Å². The summed E-state index contributed by atoms with van der Waals surface area (Å²) in [5.41, 5.74) is 5.25. The van der Waals surface area contributed by atoms with E-state index in [1.807, 2.05) is 72.8 Å². The lowest BCUT2D eigenvalue weighted by atomic mass is 10.0. The molecule has 0 heterocycles. The third-order valence-electron chi connectivity index (χ3n) is 7.48. The lowest BCUT2D eigenvalue weighted by Crippen LogP contribution is -2.10. The van der Waals surface area contributed by atoms with Crippen molar-refractivity contribution in [1.82, 2.24) is 0 Å². The highest BCUT2D eigenvalue weighted by Crippen LogP contribution is 2.39. The van der Waals surface area contributed by atoms with Crippen LogP contribution in [0.15, 0.2) is 156 Å². The minimum atomic E-state index is 0.00997. The maximum atomic E-state index is 11.2. The van der Waals surface area contributed by atoms with Gasteiger partial charge in [-0.1, -0.05) is 72.8 Å². The van der Waals surface area contributed by atoms with Gasteiger partial charge in [0.05, 0.1) is 34.1 Å². The molecular weight excluding hydrogens is 600 g/mol. The lowest BCUT2D eigenvalue weighted by Gasteiger charge is -2.22. The summed E-state index contributed by atoms with van der Waals surface area (Å²) in [6.45, 7) is 0. The normalized spacial score (nSPS) is 11.8. The van der Waals surface area contributed by atoms with Crippen LogP contribution in [0.25, 0.3) is 11.4 Å². The van der Waals surface area contributed by atoms with E-state index in [2.05, 4.69) is 20.6 Å². The zero-order chi connectivity index (χ0) is 33.3. The Morgan fingerprint density at radius 3 is 1.12 bits per heavy atom. The Labute approximate surface area is 278 Å². The second-order valence-corrected chi connectivity index (χ2v) is 10.7. The first kappa shape index (κ1) is 31.2. The monoisotopic (exact) mass is 632 g/mol. The molecule has 0 saturated heterocycles. The van der Waals surface area contributed by atoms with Crippen molar-refractivity contribution >= 4 is 46.6 Å². The number of phenols is 4. The van der Waals surface area contributed by atoms with Crippen LogP contribution in [0, 0.1) is 0 Å². The van der Waals surface area contributed by atoms with E-state index < -0.39 is 0 Å². The number of hydrogen-bond donors (Lipinski definition) is 6. The molecule has 6 aromatic carbocycles. The van der Waals surface area contributed by atoms with Gasteiger partial charge in [0.2, 0.25) is 0 Å². The minimum absolute atomic E-state index is 0.00997. The number of aliphatic imine (C=N–C) groups is 2. The summed E-state index contributed by atoms with van der Waals surface area (Å²) in [7, 11) is 0. The summed E-state index contributed by atoms with van der Waals surface area (Å²) in [6.07, 6.45) is 3.17. The summed E-state index contributed by atoms with van der Waals surface area (Å²) < 4.78 is 0. The molecule has 0 saturated carbocycles. The average molecular weight is 633 g/mol. The molecule has 6 N–H and O–H groups in total. The van der Waals surface area contributed by atoms with E-state index in [-0.39, 0.29) is 23.0 Å². The quantitative estimate of drug-likeness (QED) is 0.0660. The van der Waals surface area contributed by atoms with E-state index in [1.54, 1.807) is 85.2 Å². The van der Waals surface area contributed by atoms with Crippen molar-refractivity contribution in [2.24, 2.45) is 9.98 Å². The molecule has 0 aliphatic rings. The Kier molecular flexibility index (Phi) is 9.44. The third-order valence-corrected chi connectivity index (χ3v) is 7.48. The predicted octanol–water partition coefficient (Wildman–Crippen LogP) is 9.06. The number of para-hydroxylation sites is 8. The molecule has 0 spiro atoms. The first-order valence-corrected chi connectivity index (χ1v) is 15.1. The van der Waals surface area contributed by atoms with E-state index in [9.17, 15) is 20.4 Å². The molecule has 0 bridgehead atoms. The number of hydrogen-bond acceptors (Lipinski definition) is 8. The zero-order valence-electron chi connectivity index (χ0n) is 25.7. The predicted molar refractivity (Wildman–Crippen MR) is 194 cm³/mol. The third kappa shape index (κ3) is 7.19. The van der Waals surface area contributed by atoms with Crippen LogP contribution in [0.2, 0.25) is 0 Å². The molecule has 8 nitrogen and oxygen atoms in total. The van der Waals surface area contributed by atoms with Crippen molar-refractivity contribution in [1.29, 1.82) is 0 Å². The zero-order valence-corrected chi connectivity index (χ0v) is 25.7. The number of anilines is 2. The second kappa shape index (κ2) is 14.5. The van der Waals surface area contributed by atoms with Crippen LogP contribution in [0.4, 0.5) is 22.7 Å². The number of nitrogens with zero attached hydrogens (tertiary/aromatic N) is 2. The summed E-state index contributed by atoms with van der Waals surface area (Å²) in [5, 5.41) is 49.9. The highest BCUT2D eigenvalue weighted by atomic mass is 16.3. The Morgan fingerprint density at radius 2 is 0.729 bits per heavy atom. The first-order valence-electron chi connectivity index (χ1n) is 15.1. The van der Waals surface area contributed by atoms with Gasteiger partial charge in [-0.3, -0.25) is 9.98 Å². The van der Waals surface area contributed by atoms with Gasteiger partial charge >= 0.3 is 0 Å². The van der Waals surface area contributed by atoms with E-state index >= 15 is 0 Å². The maximum absolute atomic E-state index is 11.2. The fraction of sp³-hybridized carbons (Fsp3) is 0. The maximum Gasteiger partial charge on any atom is 0.124 e. The Morgan fingerprint density at radius 1 is 0.396 bits per heavy atom. The van der Waals surface area contributed by atoms with Crippen molar-refractivity contribution in [3.63, 3.8) is 0 Å². The van der Waals surface area contributed by atoms with Crippen LogP contribution in [-0.2, 0) is 0 Å². The summed E-state index contributed by atoms with van der Waals surface area (Å²) in [5.74, 6) is 0.235. The molecule has 0 aliphatic heterocycles. The van der Waals surface area contributed by atoms with Gasteiger partial charge in [-0.15, -0.1) is 0 Å². The van der Waals surface area contributed by atoms with Crippen LogP contribution in [0.5, 0.6) is 23.0 Å². The van der Waals surface area contributed by atoms with Crippen LogP contribution in [-0.4, -0.2) is 32.9 Å². The largest absolute Gasteiger partial charge is 0.507 e. The first-order chi connectivity index (χ1) is 23.5. The molecule has 0 fully saturated rings. The summed E-state index contributed by atoms with van der Waals surface area (Å²) in [4.78, 5) is 9.34. The van der Waals surface area contributed by atoms with Crippen LogP contribution in [0.3, 0.4) is 0 Å². The van der Waals surface area contributed by atoms with E-state index in [4.69, 9.17) is 0 Å². The van der Waals surface area contributed by atoms with Gasteiger partial charge in [0.25, 0.3) is 0 Å². The SMILES string of the molecule is Oc1ccccc1C=Nc1ccccc1N/C(=C(/Nc1ccccc1N=Cc1ccccc1O)c1ccccc1O)c1ccccc1O. The van der Waals surface area contributed by atoms with Crippen molar-refractivity contribution in [2.45, 2.75) is 0 Å². The van der Waals surface area contributed by atoms with Crippen LogP contribution < -0.4 is 10.6 Å². The molecule has 0 unspecified atom stereocenters. The van der Waals surface area contributed by atoms with Gasteiger partial charge in [0.15, 0.2) is 0 Å². The summed E-state index contributed by atoms with van der Waals surface area (Å²) in [6, 6.07) is 42.5. The van der Waals surface area contributed by atoms with Crippen molar-refractivity contribution in [3.05, 3.63) is 168 Å². The van der Waals surface area contributed by atoms with E-state index in [1.165, 1.54) is 0 Å². The highest BCUT2D eigenvalue weighted by Gasteiger charge is 2.20.